The molecule has 0 radical (unpaired) electrons. The third-order valence-electron chi connectivity index (χ3n) is 7.01. The minimum absolute atomic E-state index is 0.105. The first-order valence-corrected chi connectivity index (χ1v) is 13.2. The van der Waals surface area contributed by atoms with Gasteiger partial charge in [-0.2, -0.15) is 0 Å². The maximum atomic E-state index is 12.9. The number of aromatic nitrogens is 1. The number of ether oxygens (including phenoxy) is 1. The largest absolute Gasteiger partial charge is 0.462 e. The minimum atomic E-state index is -3.65. The lowest BCUT2D eigenvalue weighted by atomic mass is 9.84. The van der Waals surface area contributed by atoms with E-state index in [9.17, 15) is 18.0 Å². The van der Waals surface area contributed by atoms with E-state index in [1.165, 1.54) is 43.5 Å². The van der Waals surface area contributed by atoms with Gasteiger partial charge in [-0.25, -0.2) is 22.9 Å². The van der Waals surface area contributed by atoms with Crippen LogP contribution in [0.4, 0.5) is 5.69 Å². The van der Waals surface area contributed by atoms with Crippen LogP contribution in [0.3, 0.4) is 0 Å². The summed E-state index contributed by atoms with van der Waals surface area (Å²) in [7, 11) is -3.65. The summed E-state index contributed by atoms with van der Waals surface area (Å²) in [6, 6.07) is 8.92. The van der Waals surface area contributed by atoms with E-state index in [1.54, 1.807) is 26.0 Å². The van der Waals surface area contributed by atoms with Crippen molar-refractivity contribution >= 4 is 27.6 Å². The summed E-state index contributed by atoms with van der Waals surface area (Å²) in [5, 5.41) is 2.71. The normalized spacial score (nSPS) is 22.4. The first kappa shape index (κ1) is 24.3. The van der Waals surface area contributed by atoms with Crippen molar-refractivity contribution in [2.75, 3.05) is 11.9 Å². The Balaban J connectivity index is 1.39. The molecule has 1 aromatic carbocycles. The van der Waals surface area contributed by atoms with Crippen molar-refractivity contribution in [2.45, 2.75) is 57.4 Å². The molecule has 2 aliphatic carbocycles. The maximum Gasteiger partial charge on any atom is 0.339 e. The van der Waals surface area contributed by atoms with Gasteiger partial charge in [0.1, 0.15) is 5.69 Å². The number of fused-ring (bicyclic) bond motifs is 2. The van der Waals surface area contributed by atoms with E-state index < -0.39 is 21.9 Å². The van der Waals surface area contributed by atoms with Gasteiger partial charge in [-0.05, 0) is 94.2 Å². The molecule has 1 heterocycles. The molecule has 8 nitrogen and oxygen atoms in total. The molecule has 0 aliphatic heterocycles. The number of pyridine rings is 1. The number of hydrogen-bond donors (Lipinski definition) is 2. The van der Waals surface area contributed by atoms with Crippen LogP contribution in [0.5, 0.6) is 0 Å². The Morgan fingerprint density at radius 2 is 1.85 bits per heavy atom. The van der Waals surface area contributed by atoms with Crippen LogP contribution in [0.1, 0.15) is 66.1 Å². The highest BCUT2D eigenvalue weighted by Crippen LogP contribution is 2.49. The van der Waals surface area contributed by atoms with Gasteiger partial charge in [0.2, 0.25) is 10.0 Å². The lowest BCUT2D eigenvalue weighted by molar-refractivity contribution is 0.0524. The molecule has 2 aliphatic rings. The van der Waals surface area contributed by atoms with Crippen LogP contribution in [0.2, 0.25) is 0 Å². The van der Waals surface area contributed by atoms with E-state index in [4.69, 9.17) is 4.74 Å². The Morgan fingerprint density at radius 1 is 1.12 bits per heavy atom. The molecule has 0 saturated heterocycles. The topological polar surface area (TPSA) is 114 Å². The number of aryl methyl sites for hydroxylation is 1. The molecule has 9 heteroatoms. The fourth-order valence-electron chi connectivity index (χ4n) is 5.33. The molecule has 2 fully saturated rings. The number of sulfonamides is 1. The zero-order chi connectivity index (χ0) is 24.5. The van der Waals surface area contributed by atoms with Crippen molar-refractivity contribution in [1.29, 1.82) is 0 Å². The van der Waals surface area contributed by atoms with Crippen molar-refractivity contribution in [1.82, 2.24) is 9.71 Å². The quantitative estimate of drug-likeness (QED) is 0.548. The fraction of sp³-hybridized carbons (Fsp3) is 0.480. The van der Waals surface area contributed by atoms with Gasteiger partial charge in [-0.1, -0.05) is 6.42 Å². The van der Waals surface area contributed by atoms with E-state index in [0.717, 1.165) is 12.3 Å². The average Bonchev–Trinajstić information content (AvgIpc) is 3.43. The standard InChI is InChI=1S/C25H31N3O5S/c1-4-33-25(30)21-11-12-23(26-15(21)2)24(29)27-19-7-9-20(10-8-19)34(31,32)28-16(3)22-14-17-5-6-18(22)13-17/h7-12,16-18,22,28H,4-6,13-14H2,1-3H3,(H,27,29). The number of hydrogen-bond acceptors (Lipinski definition) is 6. The number of carbonyl (C=O) groups is 2. The number of carbonyl (C=O) groups excluding carboxylic acids is 2. The molecule has 2 bridgehead atoms. The Kier molecular flexibility index (Phi) is 7.04. The molecule has 2 N–H and O–H groups in total. The fourth-order valence-corrected chi connectivity index (χ4v) is 6.63. The zero-order valence-corrected chi connectivity index (χ0v) is 20.5. The van der Waals surface area contributed by atoms with Crippen molar-refractivity contribution in [3.05, 3.63) is 53.3 Å². The van der Waals surface area contributed by atoms with Crippen LogP contribution < -0.4 is 10.0 Å². The van der Waals surface area contributed by atoms with Crippen LogP contribution in [0.15, 0.2) is 41.3 Å². The van der Waals surface area contributed by atoms with Crippen molar-refractivity contribution in [2.24, 2.45) is 17.8 Å². The molecule has 182 valence electrons. The second kappa shape index (κ2) is 9.84. The predicted octanol–water partition coefficient (Wildman–Crippen LogP) is 3.92. The first-order chi connectivity index (χ1) is 16.2. The summed E-state index contributed by atoms with van der Waals surface area (Å²) in [6.07, 6.45) is 4.81. The second-order valence-corrected chi connectivity index (χ2v) is 11.0. The van der Waals surface area contributed by atoms with Gasteiger partial charge in [0.15, 0.2) is 0 Å². The summed E-state index contributed by atoms with van der Waals surface area (Å²) in [5.74, 6) is 0.836. The van der Waals surface area contributed by atoms with E-state index in [0.29, 0.717) is 28.8 Å². The number of nitrogens with zero attached hydrogens (tertiary/aromatic N) is 1. The average molecular weight is 486 g/mol. The highest BCUT2D eigenvalue weighted by molar-refractivity contribution is 7.89. The molecule has 4 unspecified atom stereocenters. The third-order valence-corrected chi connectivity index (χ3v) is 8.59. The van der Waals surface area contributed by atoms with E-state index in [2.05, 4.69) is 15.0 Å². The van der Waals surface area contributed by atoms with Crippen molar-refractivity contribution < 1.29 is 22.7 Å². The number of nitrogens with one attached hydrogen (secondary N) is 2. The van der Waals surface area contributed by atoms with Gasteiger partial charge in [0, 0.05) is 11.7 Å². The summed E-state index contributed by atoms with van der Waals surface area (Å²) in [6.45, 7) is 5.56. The van der Waals surface area contributed by atoms with Gasteiger partial charge in [-0.15, -0.1) is 0 Å². The number of rotatable bonds is 8. The molecule has 0 spiro atoms. The summed E-state index contributed by atoms with van der Waals surface area (Å²) in [5.41, 5.74) is 1.28. The first-order valence-electron chi connectivity index (χ1n) is 11.8. The number of anilines is 1. The van der Waals surface area contributed by atoms with Crippen LogP contribution in [-0.2, 0) is 14.8 Å². The summed E-state index contributed by atoms with van der Waals surface area (Å²) >= 11 is 0. The highest BCUT2D eigenvalue weighted by Gasteiger charge is 2.42. The van der Waals surface area contributed by atoms with Crippen LogP contribution >= 0.6 is 0 Å². The maximum absolute atomic E-state index is 12.9. The van der Waals surface area contributed by atoms with E-state index in [1.807, 2.05) is 6.92 Å². The monoisotopic (exact) mass is 485 g/mol. The Hall–Kier alpha value is -2.78. The second-order valence-electron chi connectivity index (χ2n) is 9.28. The molecular formula is C25H31N3O5S. The number of benzene rings is 1. The van der Waals surface area contributed by atoms with Crippen LogP contribution in [0.25, 0.3) is 0 Å². The molecule has 1 aromatic heterocycles. The number of amides is 1. The van der Waals surface area contributed by atoms with E-state index in [-0.39, 0.29) is 23.2 Å². The van der Waals surface area contributed by atoms with Gasteiger partial charge in [-0.3, -0.25) is 4.79 Å². The lowest BCUT2D eigenvalue weighted by Crippen LogP contribution is -2.40. The summed E-state index contributed by atoms with van der Waals surface area (Å²) < 4.78 is 33.6. The Labute approximate surface area is 200 Å². The molecule has 34 heavy (non-hydrogen) atoms. The zero-order valence-electron chi connectivity index (χ0n) is 19.7. The molecule has 1 amide bonds. The molecular weight excluding hydrogens is 454 g/mol. The SMILES string of the molecule is CCOC(=O)c1ccc(C(=O)Nc2ccc(S(=O)(=O)NC(C)C3CC4CCC3C4)cc2)nc1C. The van der Waals surface area contributed by atoms with Crippen LogP contribution in [0, 0.1) is 24.7 Å². The van der Waals surface area contributed by atoms with Crippen molar-refractivity contribution in [3.8, 4) is 0 Å². The Morgan fingerprint density at radius 3 is 2.44 bits per heavy atom. The minimum Gasteiger partial charge on any atom is -0.462 e. The predicted molar refractivity (Wildman–Crippen MR) is 128 cm³/mol. The molecule has 2 saturated carbocycles. The van der Waals surface area contributed by atoms with E-state index >= 15 is 0 Å². The van der Waals surface area contributed by atoms with Gasteiger partial charge in [0.25, 0.3) is 5.91 Å². The van der Waals surface area contributed by atoms with Crippen LogP contribution in [-0.4, -0.2) is 37.9 Å². The van der Waals surface area contributed by atoms with Crippen molar-refractivity contribution in [3.63, 3.8) is 0 Å². The van der Waals surface area contributed by atoms with Gasteiger partial charge in [0.05, 0.1) is 22.8 Å². The number of esters is 1. The molecule has 4 atom stereocenters. The lowest BCUT2D eigenvalue weighted by Gasteiger charge is -2.28. The molecule has 2 aromatic rings. The van der Waals surface area contributed by atoms with Gasteiger partial charge >= 0.3 is 5.97 Å². The third kappa shape index (κ3) is 5.15. The molecule has 4 rings (SSSR count). The summed E-state index contributed by atoms with van der Waals surface area (Å²) in [4.78, 5) is 28.9. The smallest absolute Gasteiger partial charge is 0.339 e. The van der Waals surface area contributed by atoms with Gasteiger partial charge < -0.3 is 10.1 Å². The highest BCUT2D eigenvalue weighted by atomic mass is 32.2. The Bertz CT molecular complexity index is 1180.